The molecule has 0 atom stereocenters. The summed E-state index contributed by atoms with van der Waals surface area (Å²) in [5.74, 6) is 4.13. The summed E-state index contributed by atoms with van der Waals surface area (Å²) in [5.41, 5.74) is 0.953. The molecule has 0 spiro atoms. The summed E-state index contributed by atoms with van der Waals surface area (Å²) < 4.78 is 22.2. The smallest absolute Gasteiger partial charge is 0.242 e. The number of ether oxygens (including phenoxy) is 4. The lowest BCUT2D eigenvalue weighted by molar-refractivity contribution is 0.321. The Morgan fingerprint density at radius 1 is 0.963 bits per heavy atom. The number of methoxy groups -OCH3 is 3. The second-order valence-electron chi connectivity index (χ2n) is 5.67. The van der Waals surface area contributed by atoms with Crippen LogP contribution in [0.4, 0.5) is 5.95 Å². The van der Waals surface area contributed by atoms with Crippen LogP contribution in [0.2, 0.25) is 0 Å². The molecule has 3 rings (SSSR count). The minimum absolute atomic E-state index is 0.512. The first kappa shape index (κ1) is 18.4. The lowest BCUT2D eigenvalue weighted by atomic mass is 10.2. The zero-order valence-corrected chi connectivity index (χ0v) is 15.7. The van der Waals surface area contributed by atoms with Crippen molar-refractivity contribution < 1.29 is 18.9 Å². The highest BCUT2D eigenvalue weighted by molar-refractivity contribution is 5.56. The molecule has 142 valence electrons. The Labute approximate surface area is 157 Å². The Morgan fingerprint density at radius 2 is 1.67 bits per heavy atom. The van der Waals surface area contributed by atoms with E-state index in [9.17, 15) is 0 Å². The van der Waals surface area contributed by atoms with Gasteiger partial charge in [-0.3, -0.25) is 5.10 Å². The number of anilines is 1. The summed E-state index contributed by atoms with van der Waals surface area (Å²) in [4.78, 5) is 4.24. The van der Waals surface area contributed by atoms with E-state index in [2.05, 4.69) is 20.5 Å². The predicted octanol–water partition coefficient (Wildman–Crippen LogP) is 3.54. The van der Waals surface area contributed by atoms with Crippen molar-refractivity contribution in [2.45, 2.75) is 13.5 Å². The number of H-pyrrole nitrogens is 1. The molecule has 0 aliphatic rings. The van der Waals surface area contributed by atoms with Crippen molar-refractivity contribution in [1.29, 1.82) is 0 Å². The molecular formula is C19H22N4O4. The number of rotatable bonds is 8. The Bertz CT molecular complexity index is 885. The molecular weight excluding hydrogens is 348 g/mol. The van der Waals surface area contributed by atoms with Crippen LogP contribution in [0.5, 0.6) is 28.7 Å². The number of para-hydroxylation sites is 1. The second-order valence-corrected chi connectivity index (χ2v) is 5.67. The third-order valence-corrected chi connectivity index (χ3v) is 3.87. The van der Waals surface area contributed by atoms with Gasteiger partial charge in [0, 0.05) is 24.2 Å². The average Bonchev–Trinajstić information content (AvgIpc) is 3.11. The van der Waals surface area contributed by atoms with Gasteiger partial charge in [-0.1, -0.05) is 18.2 Å². The number of hydrogen-bond acceptors (Lipinski definition) is 7. The molecule has 8 heteroatoms. The van der Waals surface area contributed by atoms with E-state index in [4.69, 9.17) is 18.9 Å². The Morgan fingerprint density at radius 3 is 2.26 bits per heavy atom. The number of aromatic nitrogens is 3. The fourth-order valence-electron chi connectivity index (χ4n) is 2.59. The minimum Gasteiger partial charge on any atom is -0.493 e. The van der Waals surface area contributed by atoms with Crippen molar-refractivity contribution in [1.82, 2.24) is 15.2 Å². The molecule has 0 bridgehead atoms. The van der Waals surface area contributed by atoms with Gasteiger partial charge in [-0.25, -0.2) is 0 Å². The third kappa shape index (κ3) is 4.22. The largest absolute Gasteiger partial charge is 0.493 e. The summed E-state index contributed by atoms with van der Waals surface area (Å²) >= 11 is 0. The van der Waals surface area contributed by atoms with E-state index in [-0.39, 0.29) is 0 Å². The van der Waals surface area contributed by atoms with E-state index in [1.54, 1.807) is 33.5 Å². The first-order chi connectivity index (χ1) is 13.1. The molecule has 0 saturated heterocycles. The summed E-state index contributed by atoms with van der Waals surface area (Å²) in [7, 11) is 4.70. The van der Waals surface area contributed by atoms with E-state index in [0.29, 0.717) is 41.2 Å². The van der Waals surface area contributed by atoms with Gasteiger partial charge in [0.25, 0.3) is 0 Å². The number of aryl methyl sites for hydroxylation is 1. The molecule has 2 aromatic carbocycles. The van der Waals surface area contributed by atoms with Crippen LogP contribution in [0.1, 0.15) is 11.4 Å². The van der Waals surface area contributed by atoms with Gasteiger partial charge in [-0.15, -0.1) is 5.10 Å². The maximum atomic E-state index is 6.08. The highest BCUT2D eigenvalue weighted by Gasteiger charge is 2.15. The highest BCUT2D eigenvalue weighted by Crippen LogP contribution is 2.42. The average molecular weight is 370 g/mol. The molecule has 0 aliphatic carbocycles. The van der Waals surface area contributed by atoms with Gasteiger partial charge in [0.05, 0.1) is 21.3 Å². The zero-order valence-electron chi connectivity index (χ0n) is 15.7. The van der Waals surface area contributed by atoms with Gasteiger partial charge < -0.3 is 24.3 Å². The van der Waals surface area contributed by atoms with Crippen LogP contribution in [0, 0.1) is 6.92 Å². The molecule has 27 heavy (non-hydrogen) atoms. The minimum atomic E-state index is 0.512. The molecule has 0 aliphatic heterocycles. The molecule has 8 nitrogen and oxygen atoms in total. The Kier molecular flexibility index (Phi) is 5.65. The Hall–Kier alpha value is -3.42. The molecule has 2 N–H and O–H groups in total. The van der Waals surface area contributed by atoms with Crippen LogP contribution >= 0.6 is 0 Å². The van der Waals surface area contributed by atoms with Crippen molar-refractivity contribution in [2.24, 2.45) is 0 Å². The van der Waals surface area contributed by atoms with Crippen LogP contribution in [0.3, 0.4) is 0 Å². The lowest BCUT2D eigenvalue weighted by Gasteiger charge is -2.16. The summed E-state index contributed by atoms with van der Waals surface area (Å²) in [5, 5.41) is 10.0. The number of nitrogens with one attached hydrogen (secondary N) is 2. The monoisotopic (exact) mass is 370 g/mol. The maximum absolute atomic E-state index is 6.08. The van der Waals surface area contributed by atoms with Crippen molar-refractivity contribution in [3.63, 3.8) is 0 Å². The number of aromatic amines is 1. The molecule has 3 aromatic rings. The molecule has 0 unspecified atom stereocenters. The number of hydrogen-bond donors (Lipinski definition) is 2. The van der Waals surface area contributed by atoms with Crippen molar-refractivity contribution in [2.75, 3.05) is 26.6 Å². The second kappa shape index (κ2) is 8.31. The van der Waals surface area contributed by atoms with Crippen molar-refractivity contribution in [3.05, 3.63) is 47.8 Å². The van der Waals surface area contributed by atoms with Gasteiger partial charge in [-0.2, -0.15) is 4.98 Å². The van der Waals surface area contributed by atoms with Crippen LogP contribution in [0.25, 0.3) is 0 Å². The molecule has 1 heterocycles. The van der Waals surface area contributed by atoms with E-state index in [1.165, 1.54) is 0 Å². The summed E-state index contributed by atoms with van der Waals surface area (Å²) in [6, 6.07) is 11.2. The fraction of sp³-hybridized carbons (Fsp3) is 0.263. The highest BCUT2D eigenvalue weighted by atomic mass is 16.5. The van der Waals surface area contributed by atoms with Crippen LogP contribution in [-0.2, 0) is 6.54 Å². The third-order valence-electron chi connectivity index (χ3n) is 3.87. The molecule has 0 radical (unpaired) electrons. The van der Waals surface area contributed by atoms with Gasteiger partial charge >= 0.3 is 0 Å². The van der Waals surface area contributed by atoms with Gasteiger partial charge in [0.1, 0.15) is 17.3 Å². The van der Waals surface area contributed by atoms with Crippen LogP contribution in [0.15, 0.2) is 36.4 Å². The topological polar surface area (TPSA) is 90.5 Å². The molecule has 0 saturated carbocycles. The van der Waals surface area contributed by atoms with Crippen molar-refractivity contribution in [3.8, 4) is 28.7 Å². The Balaban J connectivity index is 1.83. The number of benzene rings is 2. The van der Waals surface area contributed by atoms with E-state index >= 15 is 0 Å². The predicted molar refractivity (Wildman–Crippen MR) is 101 cm³/mol. The number of nitrogens with zero attached hydrogens (tertiary/aromatic N) is 2. The SMILES string of the molecule is COc1cc(Oc2ccccc2CNc2n[nH]c(C)n2)cc(OC)c1OC. The van der Waals surface area contributed by atoms with Gasteiger partial charge in [0.2, 0.25) is 11.7 Å². The lowest BCUT2D eigenvalue weighted by Crippen LogP contribution is -2.03. The first-order valence-corrected chi connectivity index (χ1v) is 8.33. The maximum Gasteiger partial charge on any atom is 0.242 e. The van der Waals surface area contributed by atoms with E-state index in [1.807, 2.05) is 31.2 Å². The van der Waals surface area contributed by atoms with Crippen LogP contribution < -0.4 is 24.3 Å². The quantitative estimate of drug-likeness (QED) is 0.627. The van der Waals surface area contributed by atoms with Crippen molar-refractivity contribution >= 4 is 5.95 Å². The van der Waals surface area contributed by atoms with Crippen LogP contribution in [-0.4, -0.2) is 36.5 Å². The molecule has 1 aromatic heterocycles. The molecule has 0 fully saturated rings. The first-order valence-electron chi connectivity index (χ1n) is 8.33. The van der Waals surface area contributed by atoms with Gasteiger partial charge in [-0.05, 0) is 13.0 Å². The van der Waals surface area contributed by atoms with E-state index < -0.39 is 0 Å². The standard InChI is InChI=1S/C19H22N4O4/c1-12-21-19(23-22-12)20-11-13-7-5-6-8-15(13)27-14-9-16(24-2)18(26-4)17(10-14)25-3/h5-10H,11H2,1-4H3,(H2,20,21,22,23). The fourth-order valence-corrected chi connectivity index (χ4v) is 2.59. The molecule has 0 amide bonds. The van der Waals surface area contributed by atoms with E-state index in [0.717, 1.165) is 11.4 Å². The zero-order chi connectivity index (χ0) is 19.2. The normalized spacial score (nSPS) is 10.4. The summed E-state index contributed by atoms with van der Waals surface area (Å²) in [6.07, 6.45) is 0. The van der Waals surface area contributed by atoms with Gasteiger partial charge in [0.15, 0.2) is 11.5 Å². The summed E-state index contributed by atoms with van der Waals surface area (Å²) in [6.45, 7) is 2.36.